The van der Waals surface area contributed by atoms with Crippen LogP contribution in [0.2, 0.25) is 5.02 Å². The van der Waals surface area contributed by atoms with Gasteiger partial charge in [0.1, 0.15) is 0 Å². The van der Waals surface area contributed by atoms with Crippen molar-refractivity contribution in [3.63, 3.8) is 0 Å². The zero-order valence-electron chi connectivity index (χ0n) is 10.9. The summed E-state index contributed by atoms with van der Waals surface area (Å²) in [4.78, 5) is 0. The van der Waals surface area contributed by atoms with Gasteiger partial charge in [-0.25, -0.2) is 0 Å². The number of rotatable bonds is 6. The van der Waals surface area contributed by atoms with Crippen molar-refractivity contribution in [2.45, 2.75) is 27.2 Å². The summed E-state index contributed by atoms with van der Waals surface area (Å²) >= 11 is 5.80. The third-order valence-electron chi connectivity index (χ3n) is 2.42. The summed E-state index contributed by atoms with van der Waals surface area (Å²) in [6.45, 7) is 9.06. The van der Waals surface area contributed by atoms with Crippen molar-refractivity contribution >= 4 is 17.3 Å². The molecule has 0 unspecified atom stereocenters. The monoisotopic (exact) mass is 255 g/mol. The molecular formula is C14H22ClNO. The molecule has 0 bridgehead atoms. The van der Waals surface area contributed by atoms with Gasteiger partial charge >= 0.3 is 0 Å². The number of anilines is 1. The van der Waals surface area contributed by atoms with E-state index in [0.717, 1.165) is 36.9 Å². The van der Waals surface area contributed by atoms with Crippen molar-refractivity contribution in [1.29, 1.82) is 0 Å². The summed E-state index contributed by atoms with van der Waals surface area (Å²) in [7, 11) is 0. The van der Waals surface area contributed by atoms with Crippen molar-refractivity contribution in [1.82, 2.24) is 0 Å². The Hall–Kier alpha value is -0.730. The molecule has 1 aromatic rings. The van der Waals surface area contributed by atoms with Crippen LogP contribution in [0.3, 0.4) is 0 Å². The van der Waals surface area contributed by atoms with Crippen molar-refractivity contribution in [3.8, 4) is 0 Å². The van der Waals surface area contributed by atoms with Crippen LogP contribution in [0.25, 0.3) is 0 Å². The van der Waals surface area contributed by atoms with Gasteiger partial charge in [-0.15, -0.1) is 0 Å². The van der Waals surface area contributed by atoms with E-state index in [9.17, 15) is 0 Å². The molecular weight excluding hydrogens is 234 g/mol. The van der Waals surface area contributed by atoms with E-state index in [1.54, 1.807) is 0 Å². The fourth-order valence-electron chi connectivity index (χ4n) is 1.32. The summed E-state index contributed by atoms with van der Waals surface area (Å²) in [5, 5.41) is 4.05. The van der Waals surface area contributed by atoms with Crippen LogP contribution in [0.5, 0.6) is 0 Å². The molecule has 0 atom stereocenters. The molecule has 0 heterocycles. The zero-order valence-corrected chi connectivity index (χ0v) is 11.7. The minimum atomic E-state index is 0.351. The topological polar surface area (TPSA) is 21.3 Å². The van der Waals surface area contributed by atoms with Gasteiger partial charge in [-0.05, 0) is 36.1 Å². The van der Waals surface area contributed by atoms with Crippen LogP contribution in [-0.4, -0.2) is 19.8 Å². The fraction of sp³-hybridized carbons (Fsp3) is 0.571. The standard InChI is InChI=1S/C14H22ClNO/c1-14(2,3)8-10-17-11-9-16-13-6-4-12(15)5-7-13/h4-7,16H,8-11H2,1-3H3. The molecule has 0 saturated heterocycles. The van der Waals surface area contributed by atoms with Crippen LogP contribution >= 0.6 is 11.6 Å². The SMILES string of the molecule is CC(C)(C)CCOCCNc1ccc(Cl)cc1. The van der Waals surface area contributed by atoms with Crippen LogP contribution in [0.4, 0.5) is 5.69 Å². The molecule has 0 amide bonds. The Labute approximate surface area is 109 Å². The third kappa shape index (κ3) is 7.24. The normalized spacial score (nSPS) is 11.5. The fourth-order valence-corrected chi connectivity index (χ4v) is 1.44. The highest BCUT2D eigenvalue weighted by molar-refractivity contribution is 6.30. The van der Waals surface area contributed by atoms with Gasteiger partial charge in [0.25, 0.3) is 0 Å². The summed E-state index contributed by atoms with van der Waals surface area (Å²) < 4.78 is 5.57. The van der Waals surface area contributed by atoms with E-state index in [2.05, 4.69) is 26.1 Å². The molecule has 1 rings (SSSR count). The molecule has 1 N–H and O–H groups in total. The van der Waals surface area contributed by atoms with E-state index in [0.29, 0.717) is 5.41 Å². The molecule has 0 spiro atoms. The lowest BCUT2D eigenvalue weighted by molar-refractivity contribution is 0.116. The van der Waals surface area contributed by atoms with Gasteiger partial charge < -0.3 is 10.1 Å². The second-order valence-corrected chi connectivity index (χ2v) is 5.79. The predicted molar refractivity (Wildman–Crippen MR) is 74.8 cm³/mol. The van der Waals surface area contributed by atoms with Crippen LogP contribution in [0.1, 0.15) is 27.2 Å². The minimum absolute atomic E-state index is 0.351. The van der Waals surface area contributed by atoms with Gasteiger partial charge in [0, 0.05) is 23.9 Å². The number of ether oxygens (including phenoxy) is 1. The summed E-state index contributed by atoms with van der Waals surface area (Å²) in [6.07, 6.45) is 1.09. The van der Waals surface area contributed by atoms with E-state index in [4.69, 9.17) is 16.3 Å². The first kappa shape index (κ1) is 14.3. The van der Waals surface area contributed by atoms with Gasteiger partial charge in [0.2, 0.25) is 0 Å². The van der Waals surface area contributed by atoms with Crippen molar-refractivity contribution in [2.75, 3.05) is 25.1 Å². The minimum Gasteiger partial charge on any atom is -0.383 e. The lowest BCUT2D eigenvalue weighted by Crippen LogP contribution is -2.13. The largest absolute Gasteiger partial charge is 0.383 e. The molecule has 0 aliphatic carbocycles. The molecule has 3 heteroatoms. The number of hydrogen-bond acceptors (Lipinski definition) is 2. The van der Waals surface area contributed by atoms with Gasteiger partial charge in [0.05, 0.1) is 6.61 Å². The Morgan fingerprint density at radius 1 is 1.12 bits per heavy atom. The highest BCUT2D eigenvalue weighted by Gasteiger charge is 2.08. The van der Waals surface area contributed by atoms with Crippen molar-refractivity contribution in [2.24, 2.45) is 5.41 Å². The molecule has 0 radical (unpaired) electrons. The Bertz CT molecular complexity index is 316. The highest BCUT2D eigenvalue weighted by atomic mass is 35.5. The molecule has 1 aromatic carbocycles. The zero-order chi connectivity index (χ0) is 12.7. The summed E-state index contributed by atoms with van der Waals surface area (Å²) in [5.74, 6) is 0. The lowest BCUT2D eigenvalue weighted by Gasteiger charge is -2.17. The summed E-state index contributed by atoms with van der Waals surface area (Å²) in [6, 6.07) is 7.70. The second-order valence-electron chi connectivity index (χ2n) is 5.36. The van der Waals surface area contributed by atoms with Crippen LogP contribution in [0.15, 0.2) is 24.3 Å². The highest BCUT2D eigenvalue weighted by Crippen LogP contribution is 2.17. The van der Waals surface area contributed by atoms with E-state index in [-0.39, 0.29) is 0 Å². The molecule has 96 valence electrons. The number of benzene rings is 1. The Morgan fingerprint density at radius 2 is 1.76 bits per heavy atom. The quantitative estimate of drug-likeness (QED) is 0.769. The first-order valence-electron chi connectivity index (χ1n) is 6.04. The molecule has 0 aliphatic rings. The maximum atomic E-state index is 5.80. The maximum Gasteiger partial charge on any atom is 0.0639 e. The first-order valence-corrected chi connectivity index (χ1v) is 6.42. The lowest BCUT2D eigenvalue weighted by atomic mass is 9.93. The molecule has 2 nitrogen and oxygen atoms in total. The van der Waals surface area contributed by atoms with E-state index in [1.165, 1.54) is 0 Å². The first-order chi connectivity index (χ1) is 7.97. The Kier molecular flexibility index (Phi) is 5.79. The van der Waals surface area contributed by atoms with Gasteiger partial charge in [0.15, 0.2) is 0 Å². The van der Waals surface area contributed by atoms with E-state index < -0.39 is 0 Å². The molecule has 17 heavy (non-hydrogen) atoms. The smallest absolute Gasteiger partial charge is 0.0639 e. The molecule has 0 aromatic heterocycles. The Balaban J connectivity index is 2.07. The van der Waals surface area contributed by atoms with Gasteiger partial charge in [-0.2, -0.15) is 0 Å². The van der Waals surface area contributed by atoms with E-state index >= 15 is 0 Å². The molecule has 0 aliphatic heterocycles. The molecule has 0 fully saturated rings. The van der Waals surface area contributed by atoms with Gasteiger partial charge in [-0.3, -0.25) is 0 Å². The average Bonchev–Trinajstić information content (AvgIpc) is 2.24. The van der Waals surface area contributed by atoms with E-state index in [1.807, 2.05) is 24.3 Å². The average molecular weight is 256 g/mol. The predicted octanol–water partition coefficient (Wildman–Crippen LogP) is 4.20. The van der Waals surface area contributed by atoms with Crippen molar-refractivity contribution in [3.05, 3.63) is 29.3 Å². The number of hydrogen-bond donors (Lipinski definition) is 1. The number of nitrogens with one attached hydrogen (secondary N) is 1. The third-order valence-corrected chi connectivity index (χ3v) is 2.67. The maximum absolute atomic E-state index is 5.80. The van der Waals surface area contributed by atoms with Gasteiger partial charge in [-0.1, -0.05) is 32.4 Å². The van der Waals surface area contributed by atoms with Crippen LogP contribution in [0, 0.1) is 5.41 Å². The second kappa shape index (κ2) is 6.87. The molecule has 0 saturated carbocycles. The Morgan fingerprint density at radius 3 is 2.35 bits per heavy atom. The summed E-state index contributed by atoms with van der Waals surface area (Å²) in [5.41, 5.74) is 1.43. The van der Waals surface area contributed by atoms with Crippen LogP contribution < -0.4 is 5.32 Å². The number of halogens is 1. The van der Waals surface area contributed by atoms with Crippen molar-refractivity contribution < 1.29 is 4.74 Å². The van der Waals surface area contributed by atoms with Crippen LogP contribution in [-0.2, 0) is 4.74 Å².